The first-order valence-electron chi connectivity index (χ1n) is 6.59. The van der Waals surface area contributed by atoms with Gasteiger partial charge in [0.25, 0.3) is 0 Å². The second kappa shape index (κ2) is 5.53. The molecule has 2 aliphatic rings. The maximum Gasteiger partial charge on any atom is 0.208 e. The van der Waals surface area contributed by atoms with Gasteiger partial charge < -0.3 is 4.90 Å². The predicted molar refractivity (Wildman–Crippen MR) is 67.0 cm³/mol. The number of hydrogen-bond donors (Lipinski definition) is 2. The van der Waals surface area contributed by atoms with Crippen LogP contribution >= 0.6 is 0 Å². The normalized spacial score (nSPS) is 25.1. The van der Waals surface area contributed by atoms with Gasteiger partial charge in [-0.05, 0) is 31.6 Å². The molecule has 1 aliphatic carbocycles. The van der Waals surface area contributed by atoms with E-state index in [2.05, 4.69) is 17.2 Å². The largest absolute Gasteiger partial charge is 0.342 e. The first kappa shape index (κ1) is 11.7. The van der Waals surface area contributed by atoms with Gasteiger partial charge in [-0.3, -0.25) is 5.43 Å². The molecule has 1 saturated heterocycles. The lowest BCUT2D eigenvalue weighted by molar-refractivity contribution is 0.272. The number of nitrogens with zero attached hydrogens (tertiary/aromatic N) is 2. The quantitative estimate of drug-likeness (QED) is 0.307. The molecule has 0 bridgehead atoms. The minimum Gasteiger partial charge on any atom is -0.342 e. The third-order valence-corrected chi connectivity index (χ3v) is 3.84. The molecule has 0 radical (unpaired) electrons. The van der Waals surface area contributed by atoms with E-state index < -0.39 is 0 Å². The Labute approximate surface area is 98.3 Å². The van der Waals surface area contributed by atoms with Gasteiger partial charge in [0.1, 0.15) is 0 Å². The van der Waals surface area contributed by atoms with Crippen LogP contribution in [0.2, 0.25) is 0 Å². The highest BCUT2D eigenvalue weighted by atomic mass is 15.4. The van der Waals surface area contributed by atoms with Crippen LogP contribution in [0.4, 0.5) is 0 Å². The van der Waals surface area contributed by atoms with Gasteiger partial charge >= 0.3 is 0 Å². The maximum atomic E-state index is 5.59. The van der Waals surface area contributed by atoms with Crippen LogP contribution in [-0.4, -0.2) is 30.0 Å². The summed E-state index contributed by atoms with van der Waals surface area (Å²) in [4.78, 5) is 7.05. The molecule has 0 aromatic carbocycles. The minimum atomic E-state index is 0.505. The van der Waals surface area contributed by atoms with E-state index in [0.29, 0.717) is 6.04 Å². The molecule has 0 aromatic rings. The molecule has 2 fully saturated rings. The fourth-order valence-electron chi connectivity index (χ4n) is 2.64. The molecule has 0 spiro atoms. The summed E-state index contributed by atoms with van der Waals surface area (Å²) in [6.07, 6.45) is 7.62. The summed E-state index contributed by atoms with van der Waals surface area (Å²) < 4.78 is 0. The summed E-state index contributed by atoms with van der Waals surface area (Å²) in [6, 6.07) is 0.505. The van der Waals surface area contributed by atoms with Crippen molar-refractivity contribution in [1.29, 1.82) is 0 Å². The number of rotatable bonds is 1. The van der Waals surface area contributed by atoms with Crippen molar-refractivity contribution in [3.05, 3.63) is 0 Å². The molecule has 0 amide bonds. The lowest BCUT2D eigenvalue weighted by Gasteiger charge is -2.32. The van der Waals surface area contributed by atoms with Crippen LogP contribution in [0.3, 0.4) is 0 Å². The van der Waals surface area contributed by atoms with Gasteiger partial charge in [0.05, 0.1) is 6.04 Å². The third kappa shape index (κ3) is 2.88. The predicted octanol–water partition coefficient (Wildman–Crippen LogP) is 1.48. The van der Waals surface area contributed by atoms with Crippen molar-refractivity contribution >= 4 is 5.96 Å². The van der Waals surface area contributed by atoms with Crippen molar-refractivity contribution in [3.63, 3.8) is 0 Å². The Morgan fingerprint density at radius 1 is 1.19 bits per heavy atom. The third-order valence-electron chi connectivity index (χ3n) is 3.84. The molecule has 1 saturated carbocycles. The Morgan fingerprint density at radius 3 is 2.38 bits per heavy atom. The zero-order valence-corrected chi connectivity index (χ0v) is 10.3. The smallest absolute Gasteiger partial charge is 0.208 e. The monoisotopic (exact) mass is 224 g/mol. The number of piperidine rings is 1. The van der Waals surface area contributed by atoms with Crippen LogP contribution in [0.5, 0.6) is 0 Å². The zero-order valence-electron chi connectivity index (χ0n) is 10.3. The van der Waals surface area contributed by atoms with Gasteiger partial charge in [0.2, 0.25) is 5.96 Å². The lowest BCUT2D eigenvalue weighted by atomic mass is 10.00. The maximum absolute atomic E-state index is 5.59. The summed E-state index contributed by atoms with van der Waals surface area (Å²) in [5.41, 5.74) is 2.79. The Balaban J connectivity index is 1.93. The summed E-state index contributed by atoms with van der Waals surface area (Å²) >= 11 is 0. The van der Waals surface area contributed by atoms with Crippen molar-refractivity contribution in [1.82, 2.24) is 10.3 Å². The van der Waals surface area contributed by atoms with Crippen molar-refractivity contribution in [2.45, 2.75) is 51.5 Å². The second-order valence-electron chi connectivity index (χ2n) is 5.20. The lowest BCUT2D eigenvalue weighted by Crippen LogP contribution is -2.48. The van der Waals surface area contributed by atoms with E-state index in [4.69, 9.17) is 10.8 Å². The van der Waals surface area contributed by atoms with E-state index in [1.165, 1.54) is 38.5 Å². The van der Waals surface area contributed by atoms with Crippen molar-refractivity contribution < 1.29 is 0 Å². The van der Waals surface area contributed by atoms with Gasteiger partial charge in [-0.25, -0.2) is 10.8 Å². The topological polar surface area (TPSA) is 53.6 Å². The molecule has 0 atom stereocenters. The van der Waals surface area contributed by atoms with Crippen LogP contribution in [0, 0.1) is 5.92 Å². The number of hydrazine groups is 1. The molecular weight excluding hydrogens is 200 g/mol. The number of guanidine groups is 1. The van der Waals surface area contributed by atoms with E-state index in [9.17, 15) is 0 Å². The summed E-state index contributed by atoms with van der Waals surface area (Å²) in [7, 11) is 0. The van der Waals surface area contributed by atoms with E-state index in [0.717, 1.165) is 25.0 Å². The highest BCUT2D eigenvalue weighted by molar-refractivity contribution is 5.79. The van der Waals surface area contributed by atoms with Gasteiger partial charge in [0, 0.05) is 13.1 Å². The van der Waals surface area contributed by atoms with Crippen LogP contribution in [0.1, 0.15) is 45.4 Å². The van der Waals surface area contributed by atoms with Crippen LogP contribution in [-0.2, 0) is 0 Å². The molecule has 0 unspecified atom stereocenters. The molecule has 16 heavy (non-hydrogen) atoms. The molecule has 2 rings (SSSR count). The van der Waals surface area contributed by atoms with Gasteiger partial charge in [-0.15, -0.1) is 0 Å². The number of nitrogens with two attached hydrogens (primary N) is 1. The highest BCUT2D eigenvalue weighted by Gasteiger charge is 2.20. The van der Waals surface area contributed by atoms with E-state index >= 15 is 0 Å². The summed E-state index contributed by atoms with van der Waals surface area (Å²) in [5.74, 6) is 7.36. The van der Waals surface area contributed by atoms with Crippen molar-refractivity contribution in [2.24, 2.45) is 16.8 Å². The average molecular weight is 224 g/mol. The molecular formula is C12H24N4. The fraction of sp³-hybridized carbons (Fsp3) is 0.917. The minimum absolute atomic E-state index is 0.505. The summed E-state index contributed by atoms with van der Waals surface area (Å²) in [6.45, 7) is 4.51. The molecule has 4 nitrogen and oxygen atoms in total. The Kier molecular flexibility index (Phi) is 4.04. The van der Waals surface area contributed by atoms with Crippen LogP contribution < -0.4 is 11.3 Å². The first-order chi connectivity index (χ1) is 7.79. The van der Waals surface area contributed by atoms with Crippen molar-refractivity contribution in [3.8, 4) is 0 Å². The zero-order chi connectivity index (χ0) is 11.4. The second-order valence-corrected chi connectivity index (χ2v) is 5.20. The first-order valence-corrected chi connectivity index (χ1v) is 6.59. The van der Waals surface area contributed by atoms with Gasteiger partial charge in [-0.2, -0.15) is 0 Å². The SMILES string of the molecule is CC1CCN(C(=NC2CCCC2)NN)CC1. The van der Waals surface area contributed by atoms with E-state index in [1.54, 1.807) is 0 Å². The molecule has 0 aromatic heterocycles. The van der Waals surface area contributed by atoms with Gasteiger partial charge in [-0.1, -0.05) is 19.8 Å². The van der Waals surface area contributed by atoms with Crippen LogP contribution in [0.25, 0.3) is 0 Å². The van der Waals surface area contributed by atoms with Crippen molar-refractivity contribution in [2.75, 3.05) is 13.1 Å². The Morgan fingerprint density at radius 2 is 1.81 bits per heavy atom. The molecule has 1 aliphatic heterocycles. The number of hydrogen-bond acceptors (Lipinski definition) is 2. The van der Waals surface area contributed by atoms with E-state index in [1.807, 2.05) is 0 Å². The number of nitrogens with one attached hydrogen (secondary N) is 1. The molecule has 4 heteroatoms. The number of likely N-dealkylation sites (tertiary alicyclic amines) is 1. The Bertz CT molecular complexity index is 237. The van der Waals surface area contributed by atoms with E-state index in [-0.39, 0.29) is 0 Å². The number of aliphatic imine (C=N–C) groups is 1. The average Bonchev–Trinajstić information content (AvgIpc) is 2.80. The molecule has 3 N–H and O–H groups in total. The standard InChI is InChI=1S/C12H24N4/c1-10-6-8-16(9-7-10)12(15-13)14-11-4-2-3-5-11/h10-11H,2-9,13H2,1H3,(H,14,15). The highest BCUT2D eigenvalue weighted by Crippen LogP contribution is 2.22. The van der Waals surface area contributed by atoms with Gasteiger partial charge in [0.15, 0.2) is 0 Å². The summed E-state index contributed by atoms with van der Waals surface area (Å²) in [5, 5.41) is 0. The fourth-order valence-corrected chi connectivity index (χ4v) is 2.64. The molecule has 1 heterocycles. The molecule has 92 valence electrons. The Hall–Kier alpha value is -0.770. The van der Waals surface area contributed by atoms with Crippen LogP contribution in [0.15, 0.2) is 4.99 Å².